The van der Waals surface area contributed by atoms with Crippen LogP contribution in [0, 0.1) is 5.82 Å². The number of likely N-dealkylation sites (N-methyl/N-ethyl adjacent to an activating group) is 1. The number of carbonyl (C=O) groups is 1. The zero-order valence-electron chi connectivity index (χ0n) is 13.2. The van der Waals surface area contributed by atoms with Gasteiger partial charge in [0.05, 0.1) is 18.7 Å². The van der Waals surface area contributed by atoms with Gasteiger partial charge in [-0.3, -0.25) is 4.79 Å². The van der Waals surface area contributed by atoms with Crippen LogP contribution in [0.1, 0.15) is 17.5 Å². The van der Waals surface area contributed by atoms with Crippen LogP contribution in [-0.2, 0) is 17.8 Å². The third-order valence-corrected chi connectivity index (χ3v) is 5.42. The molecule has 3 rings (SSSR count). The molecule has 0 radical (unpaired) electrons. The van der Waals surface area contributed by atoms with Crippen molar-refractivity contribution in [3.8, 4) is 10.6 Å². The molecule has 0 bridgehead atoms. The molecule has 1 amide bonds. The van der Waals surface area contributed by atoms with Gasteiger partial charge in [-0.25, -0.2) is 9.37 Å². The van der Waals surface area contributed by atoms with Gasteiger partial charge in [-0.05, 0) is 30.5 Å². The van der Waals surface area contributed by atoms with Crippen LogP contribution in [-0.4, -0.2) is 22.3 Å². The lowest BCUT2D eigenvalue weighted by Crippen LogP contribution is -2.31. The van der Waals surface area contributed by atoms with Crippen LogP contribution in [0.5, 0.6) is 0 Å². The van der Waals surface area contributed by atoms with Crippen LogP contribution in [0.2, 0.25) is 0 Å². The summed E-state index contributed by atoms with van der Waals surface area (Å²) in [5.41, 5.74) is 1.47. The summed E-state index contributed by atoms with van der Waals surface area (Å²) in [5.74, 6) is -0.226. The largest absolute Gasteiger partial charge is 0.337 e. The molecule has 1 aromatic carbocycles. The average molecular weight is 360 g/mol. The molecular weight excluding hydrogens is 343 g/mol. The van der Waals surface area contributed by atoms with Crippen molar-refractivity contribution in [2.75, 3.05) is 6.54 Å². The second-order valence-corrected chi connectivity index (χ2v) is 7.21. The van der Waals surface area contributed by atoms with Gasteiger partial charge in [-0.2, -0.15) is 0 Å². The van der Waals surface area contributed by atoms with Gasteiger partial charge >= 0.3 is 0 Å². The Morgan fingerprint density at radius 2 is 2.12 bits per heavy atom. The molecule has 0 saturated carbocycles. The van der Waals surface area contributed by atoms with Gasteiger partial charge in [0, 0.05) is 22.4 Å². The van der Waals surface area contributed by atoms with E-state index in [1.54, 1.807) is 17.4 Å². The SMILES string of the molecule is CCN(Cc1cccs1)C(=O)Cc1csc(-c2cccc(F)c2)n1. The lowest BCUT2D eigenvalue weighted by molar-refractivity contribution is -0.130. The van der Waals surface area contributed by atoms with Crippen molar-refractivity contribution >= 4 is 28.6 Å². The number of aromatic nitrogens is 1. The van der Waals surface area contributed by atoms with Crippen LogP contribution in [0.15, 0.2) is 47.2 Å². The third kappa shape index (κ3) is 4.07. The number of halogens is 1. The number of rotatable bonds is 6. The number of thiazole rings is 1. The summed E-state index contributed by atoms with van der Waals surface area (Å²) < 4.78 is 13.3. The van der Waals surface area contributed by atoms with Crippen molar-refractivity contribution in [3.05, 3.63) is 63.5 Å². The zero-order chi connectivity index (χ0) is 16.9. The molecule has 124 valence electrons. The minimum absolute atomic E-state index is 0.0574. The third-order valence-electron chi connectivity index (χ3n) is 3.62. The lowest BCUT2D eigenvalue weighted by Gasteiger charge is -2.19. The first-order valence-corrected chi connectivity index (χ1v) is 9.42. The Balaban J connectivity index is 1.68. The summed E-state index contributed by atoms with van der Waals surface area (Å²) in [6.07, 6.45) is 0.269. The minimum Gasteiger partial charge on any atom is -0.337 e. The van der Waals surface area contributed by atoms with E-state index < -0.39 is 0 Å². The normalized spacial score (nSPS) is 10.8. The Morgan fingerprint density at radius 1 is 1.25 bits per heavy atom. The molecular formula is C18H17FN2OS2. The standard InChI is InChI=1S/C18H17FN2OS2/c1-2-21(11-16-7-4-8-23-16)17(22)10-15-12-24-18(20-15)13-5-3-6-14(19)9-13/h3-9,12H,2,10-11H2,1H3. The number of amides is 1. The van der Waals surface area contributed by atoms with E-state index in [4.69, 9.17) is 0 Å². The fourth-order valence-corrected chi connectivity index (χ4v) is 3.91. The maximum Gasteiger partial charge on any atom is 0.228 e. The molecule has 0 spiro atoms. The highest BCUT2D eigenvalue weighted by Crippen LogP contribution is 2.24. The first kappa shape index (κ1) is 16.8. The summed E-state index contributed by atoms with van der Waals surface area (Å²) >= 11 is 3.08. The number of benzene rings is 1. The van der Waals surface area contributed by atoms with E-state index in [9.17, 15) is 9.18 Å². The highest BCUT2D eigenvalue weighted by Gasteiger charge is 2.15. The van der Waals surface area contributed by atoms with Gasteiger partial charge in [0.15, 0.2) is 0 Å². The Hall–Kier alpha value is -2.05. The Morgan fingerprint density at radius 3 is 2.83 bits per heavy atom. The predicted molar refractivity (Wildman–Crippen MR) is 96.6 cm³/mol. The fraction of sp³-hybridized carbons (Fsp3) is 0.222. The quantitative estimate of drug-likeness (QED) is 0.643. The van der Waals surface area contributed by atoms with Gasteiger partial charge in [0.2, 0.25) is 5.91 Å². The topological polar surface area (TPSA) is 33.2 Å². The second-order valence-electron chi connectivity index (χ2n) is 5.32. The summed E-state index contributed by atoms with van der Waals surface area (Å²) in [6, 6.07) is 10.4. The molecule has 0 unspecified atom stereocenters. The van der Waals surface area contributed by atoms with Gasteiger partial charge < -0.3 is 4.90 Å². The van der Waals surface area contributed by atoms with E-state index in [0.717, 1.165) is 16.3 Å². The number of nitrogens with zero attached hydrogens (tertiary/aromatic N) is 2. The molecule has 24 heavy (non-hydrogen) atoms. The molecule has 2 heterocycles. The van der Waals surface area contributed by atoms with Crippen LogP contribution >= 0.6 is 22.7 Å². The number of carbonyl (C=O) groups excluding carboxylic acids is 1. The molecule has 0 saturated heterocycles. The van der Waals surface area contributed by atoms with Crippen LogP contribution in [0.25, 0.3) is 10.6 Å². The summed E-state index contributed by atoms with van der Waals surface area (Å²) in [7, 11) is 0. The van der Waals surface area contributed by atoms with E-state index in [0.29, 0.717) is 13.1 Å². The van der Waals surface area contributed by atoms with Crippen molar-refractivity contribution < 1.29 is 9.18 Å². The van der Waals surface area contributed by atoms with Crippen molar-refractivity contribution in [2.45, 2.75) is 19.9 Å². The molecule has 3 nitrogen and oxygen atoms in total. The Bertz CT molecular complexity index is 814. The van der Waals surface area contributed by atoms with Crippen LogP contribution < -0.4 is 0 Å². The summed E-state index contributed by atoms with van der Waals surface area (Å²) in [5, 5.41) is 4.62. The van der Waals surface area contributed by atoms with Gasteiger partial charge in [-0.1, -0.05) is 18.2 Å². The number of hydrogen-bond acceptors (Lipinski definition) is 4. The van der Waals surface area contributed by atoms with E-state index in [-0.39, 0.29) is 18.1 Å². The molecule has 2 aromatic heterocycles. The first-order valence-electron chi connectivity index (χ1n) is 7.66. The zero-order valence-corrected chi connectivity index (χ0v) is 14.9. The average Bonchev–Trinajstić information content (AvgIpc) is 3.24. The lowest BCUT2D eigenvalue weighted by atomic mass is 10.2. The Kier molecular flexibility index (Phi) is 5.37. The molecule has 0 aliphatic heterocycles. The van der Waals surface area contributed by atoms with Gasteiger partial charge in [-0.15, -0.1) is 22.7 Å². The van der Waals surface area contributed by atoms with Crippen molar-refractivity contribution in [3.63, 3.8) is 0 Å². The molecule has 0 aliphatic rings. The molecule has 3 aromatic rings. The monoisotopic (exact) mass is 360 g/mol. The molecule has 0 atom stereocenters. The summed E-state index contributed by atoms with van der Waals surface area (Å²) in [4.78, 5) is 20.0. The van der Waals surface area contributed by atoms with Gasteiger partial charge in [0.25, 0.3) is 0 Å². The minimum atomic E-state index is -0.284. The first-order chi connectivity index (χ1) is 11.7. The summed E-state index contributed by atoms with van der Waals surface area (Å²) in [6.45, 7) is 3.27. The molecule has 6 heteroatoms. The van der Waals surface area contributed by atoms with E-state index in [1.165, 1.54) is 28.3 Å². The van der Waals surface area contributed by atoms with Crippen molar-refractivity contribution in [2.24, 2.45) is 0 Å². The van der Waals surface area contributed by atoms with Crippen LogP contribution in [0.3, 0.4) is 0 Å². The van der Waals surface area contributed by atoms with Crippen molar-refractivity contribution in [1.29, 1.82) is 0 Å². The molecule has 0 N–H and O–H groups in total. The highest BCUT2D eigenvalue weighted by molar-refractivity contribution is 7.13. The van der Waals surface area contributed by atoms with Gasteiger partial charge in [0.1, 0.15) is 10.8 Å². The number of hydrogen-bond donors (Lipinski definition) is 0. The predicted octanol–water partition coefficient (Wildman–Crippen LogP) is 4.60. The second kappa shape index (κ2) is 7.68. The van der Waals surface area contributed by atoms with E-state index >= 15 is 0 Å². The van der Waals surface area contributed by atoms with Crippen molar-refractivity contribution in [1.82, 2.24) is 9.88 Å². The Labute approximate surface area is 148 Å². The van der Waals surface area contributed by atoms with E-state index in [2.05, 4.69) is 4.98 Å². The maximum absolute atomic E-state index is 13.3. The molecule has 0 fully saturated rings. The van der Waals surface area contributed by atoms with Crippen LogP contribution in [0.4, 0.5) is 4.39 Å². The fourth-order valence-electron chi connectivity index (χ4n) is 2.38. The van der Waals surface area contributed by atoms with E-state index in [1.807, 2.05) is 40.8 Å². The smallest absolute Gasteiger partial charge is 0.228 e. The highest BCUT2D eigenvalue weighted by atomic mass is 32.1. The number of thiophene rings is 1. The maximum atomic E-state index is 13.3. The molecule has 0 aliphatic carbocycles.